The number of hydrogen-bond donors (Lipinski definition) is 0. The molecule has 11 heavy (non-hydrogen) atoms. The molecule has 61 valence electrons. The second kappa shape index (κ2) is 5.14. The number of ether oxygens (including phenoxy) is 1. The van der Waals surface area contributed by atoms with Crippen molar-refractivity contribution in [2.45, 2.75) is 19.8 Å². The van der Waals surface area contributed by atoms with Crippen molar-refractivity contribution in [1.82, 2.24) is 0 Å². The lowest BCUT2D eigenvalue weighted by molar-refractivity contribution is 0.151. The SMILES string of the molecule is CCOCCC1=CC[CH]C=C1. The fraction of sp³-hybridized carbons (Fsp3) is 0.500. The summed E-state index contributed by atoms with van der Waals surface area (Å²) >= 11 is 0. The van der Waals surface area contributed by atoms with Crippen LogP contribution in [0.1, 0.15) is 19.8 Å². The first kappa shape index (κ1) is 8.54. The summed E-state index contributed by atoms with van der Waals surface area (Å²) in [5.41, 5.74) is 1.40. The molecule has 0 aromatic heterocycles. The Morgan fingerprint density at radius 1 is 1.55 bits per heavy atom. The van der Waals surface area contributed by atoms with E-state index in [0.29, 0.717) is 0 Å². The van der Waals surface area contributed by atoms with Crippen LogP contribution >= 0.6 is 0 Å². The van der Waals surface area contributed by atoms with E-state index in [-0.39, 0.29) is 0 Å². The molecule has 0 aromatic carbocycles. The van der Waals surface area contributed by atoms with Crippen molar-refractivity contribution < 1.29 is 4.74 Å². The second-order valence-electron chi connectivity index (χ2n) is 2.56. The Morgan fingerprint density at radius 3 is 3.09 bits per heavy atom. The minimum Gasteiger partial charge on any atom is -0.381 e. The highest BCUT2D eigenvalue weighted by atomic mass is 16.5. The number of hydrogen-bond acceptors (Lipinski definition) is 1. The van der Waals surface area contributed by atoms with Gasteiger partial charge in [-0.2, -0.15) is 0 Å². The maximum Gasteiger partial charge on any atom is 0.0506 e. The fourth-order valence-corrected chi connectivity index (χ4v) is 1.08. The van der Waals surface area contributed by atoms with Crippen LogP contribution in [0.4, 0.5) is 0 Å². The van der Waals surface area contributed by atoms with Crippen LogP contribution in [0.5, 0.6) is 0 Å². The van der Waals surface area contributed by atoms with Crippen LogP contribution in [-0.2, 0) is 4.74 Å². The van der Waals surface area contributed by atoms with Gasteiger partial charge >= 0.3 is 0 Å². The topological polar surface area (TPSA) is 9.23 Å². The zero-order valence-electron chi connectivity index (χ0n) is 7.05. The lowest BCUT2D eigenvalue weighted by Crippen LogP contribution is -1.95. The van der Waals surface area contributed by atoms with E-state index < -0.39 is 0 Å². The molecule has 1 heteroatoms. The van der Waals surface area contributed by atoms with Gasteiger partial charge in [0.25, 0.3) is 0 Å². The van der Waals surface area contributed by atoms with Gasteiger partial charge in [-0.05, 0) is 26.2 Å². The van der Waals surface area contributed by atoms with Crippen molar-refractivity contribution in [1.29, 1.82) is 0 Å². The van der Waals surface area contributed by atoms with E-state index in [4.69, 9.17) is 4.74 Å². The minimum absolute atomic E-state index is 0.823. The highest BCUT2D eigenvalue weighted by molar-refractivity contribution is 5.26. The molecule has 1 nitrogen and oxygen atoms in total. The molecule has 1 radical (unpaired) electrons. The quantitative estimate of drug-likeness (QED) is 0.561. The fourth-order valence-electron chi connectivity index (χ4n) is 1.08. The lowest BCUT2D eigenvalue weighted by atomic mass is 10.1. The van der Waals surface area contributed by atoms with Crippen LogP contribution in [0.15, 0.2) is 23.8 Å². The molecule has 0 unspecified atom stereocenters. The number of rotatable bonds is 4. The van der Waals surface area contributed by atoms with Gasteiger partial charge in [-0.1, -0.05) is 23.8 Å². The van der Waals surface area contributed by atoms with Crippen LogP contribution in [0.2, 0.25) is 0 Å². The predicted molar refractivity (Wildman–Crippen MR) is 47.3 cm³/mol. The van der Waals surface area contributed by atoms with Gasteiger partial charge in [0.1, 0.15) is 0 Å². The standard InChI is InChI=1S/C10H15O/c1-2-11-9-8-10-6-4-3-5-7-10/h3-4,6-7H,2,5,8-9H2,1H3. The summed E-state index contributed by atoms with van der Waals surface area (Å²) in [5, 5.41) is 0. The molecule has 0 N–H and O–H groups in total. The first-order chi connectivity index (χ1) is 5.43. The maximum absolute atomic E-state index is 5.25. The summed E-state index contributed by atoms with van der Waals surface area (Å²) in [6.07, 6.45) is 10.8. The molecular weight excluding hydrogens is 136 g/mol. The van der Waals surface area contributed by atoms with E-state index in [1.807, 2.05) is 6.92 Å². The Balaban J connectivity index is 2.15. The average Bonchev–Trinajstić information content (AvgIpc) is 2.07. The summed E-state index contributed by atoms with van der Waals surface area (Å²) in [7, 11) is 0. The molecule has 0 saturated carbocycles. The Labute approximate surface area is 68.8 Å². The third kappa shape index (κ3) is 3.38. The molecular formula is C10H15O. The average molecular weight is 151 g/mol. The monoisotopic (exact) mass is 151 g/mol. The minimum atomic E-state index is 0.823. The summed E-state index contributed by atoms with van der Waals surface area (Å²) < 4.78 is 5.25. The summed E-state index contributed by atoms with van der Waals surface area (Å²) in [6, 6.07) is 0. The highest BCUT2D eigenvalue weighted by Crippen LogP contribution is 2.11. The first-order valence-corrected chi connectivity index (χ1v) is 4.20. The van der Waals surface area contributed by atoms with Crippen LogP contribution in [0.3, 0.4) is 0 Å². The van der Waals surface area contributed by atoms with Gasteiger partial charge in [0, 0.05) is 6.61 Å². The van der Waals surface area contributed by atoms with Crippen molar-refractivity contribution in [2.24, 2.45) is 0 Å². The van der Waals surface area contributed by atoms with Crippen molar-refractivity contribution in [3.05, 3.63) is 30.2 Å². The molecule has 0 atom stereocenters. The zero-order valence-corrected chi connectivity index (χ0v) is 7.05. The predicted octanol–water partition coefficient (Wildman–Crippen LogP) is 2.50. The van der Waals surface area contributed by atoms with Crippen LogP contribution < -0.4 is 0 Å². The van der Waals surface area contributed by atoms with Gasteiger partial charge in [0.2, 0.25) is 0 Å². The van der Waals surface area contributed by atoms with Crippen LogP contribution in [0, 0.1) is 6.42 Å². The van der Waals surface area contributed by atoms with Crippen molar-refractivity contribution in [3.63, 3.8) is 0 Å². The van der Waals surface area contributed by atoms with Crippen molar-refractivity contribution in [3.8, 4) is 0 Å². The van der Waals surface area contributed by atoms with E-state index in [2.05, 4.69) is 24.6 Å². The van der Waals surface area contributed by atoms with E-state index in [1.54, 1.807) is 0 Å². The zero-order chi connectivity index (χ0) is 7.94. The molecule has 1 aliphatic rings. The Morgan fingerprint density at radius 2 is 2.45 bits per heavy atom. The molecule has 0 bridgehead atoms. The van der Waals surface area contributed by atoms with E-state index in [9.17, 15) is 0 Å². The van der Waals surface area contributed by atoms with Gasteiger partial charge in [-0.15, -0.1) is 0 Å². The van der Waals surface area contributed by atoms with Gasteiger partial charge in [-0.3, -0.25) is 0 Å². The van der Waals surface area contributed by atoms with Gasteiger partial charge < -0.3 is 4.74 Å². The van der Waals surface area contributed by atoms with Crippen molar-refractivity contribution in [2.75, 3.05) is 13.2 Å². The second-order valence-corrected chi connectivity index (χ2v) is 2.56. The summed E-state index contributed by atoms with van der Waals surface area (Å²) in [4.78, 5) is 0. The van der Waals surface area contributed by atoms with E-state index in [0.717, 1.165) is 26.1 Å². The summed E-state index contributed by atoms with van der Waals surface area (Å²) in [6.45, 7) is 3.70. The molecule has 0 saturated heterocycles. The molecule has 0 heterocycles. The van der Waals surface area contributed by atoms with Gasteiger partial charge in [-0.25, -0.2) is 0 Å². The Bertz CT molecular complexity index is 156. The smallest absolute Gasteiger partial charge is 0.0506 e. The number of allylic oxidation sites excluding steroid dienone is 3. The Hall–Kier alpha value is -0.560. The highest BCUT2D eigenvalue weighted by Gasteiger charge is 1.96. The molecule has 1 aliphatic carbocycles. The molecule has 0 amide bonds. The molecule has 0 aliphatic heterocycles. The molecule has 0 spiro atoms. The third-order valence-corrected chi connectivity index (χ3v) is 1.70. The lowest BCUT2D eigenvalue weighted by Gasteiger charge is -2.05. The third-order valence-electron chi connectivity index (χ3n) is 1.70. The largest absolute Gasteiger partial charge is 0.381 e. The van der Waals surface area contributed by atoms with Gasteiger partial charge in [0.15, 0.2) is 0 Å². The van der Waals surface area contributed by atoms with E-state index >= 15 is 0 Å². The van der Waals surface area contributed by atoms with Crippen LogP contribution in [-0.4, -0.2) is 13.2 Å². The molecule has 0 fully saturated rings. The van der Waals surface area contributed by atoms with E-state index in [1.165, 1.54) is 5.57 Å². The van der Waals surface area contributed by atoms with Crippen molar-refractivity contribution >= 4 is 0 Å². The molecule has 0 aromatic rings. The maximum atomic E-state index is 5.25. The first-order valence-electron chi connectivity index (χ1n) is 4.20. The molecule has 1 rings (SSSR count). The Kier molecular flexibility index (Phi) is 3.99. The summed E-state index contributed by atoms with van der Waals surface area (Å²) in [5.74, 6) is 0. The van der Waals surface area contributed by atoms with Crippen LogP contribution in [0.25, 0.3) is 0 Å². The normalized spacial score (nSPS) is 16.6. The van der Waals surface area contributed by atoms with Gasteiger partial charge in [0.05, 0.1) is 6.61 Å².